The van der Waals surface area contributed by atoms with Crippen LogP contribution in [0, 0.1) is 16.7 Å². The minimum atomic E-state index is -3.67. The van der Waals surface area contributed by atoms with Crippen molar-refractivity contribution < 1.29 is 8.42 Å². The topological polar surface area (TPSA) is 82.0 Å². The highest BCUT2D eigenvalue weighted by Gasteiger charge is 2.29. The number of rotatable bonds is 4. The first-order valence-electron chi connectivity index (χ1n) is 6.76. The van der Waals surface area contributed by atoms with Crippen LogP contribution in [0.15, 0.2) is 23.1 Å². The maximum absolute atomic E-state index is 12.3. The quantitative estimate of drug-likeness (QED) is 0.859. The van der Waals surface area contributed by atoms with Crippen LogP contribution < -0.4 is 10.0 Å². The van der Waals surface area contributed by atoms with Gasteiger partial charge in [0.1, 0.15) is 4.90 Å². The van der Waals surface area contributed by atoms with Crippen LogP contribution in [0.3, 0.4) is 0 Å². The Morgan fingerprint density at radius 1 is 1.50 bits per heavy atom. The van der Waals surface area contributed by atoms with Gasteiger partial charge in [0.2, 0.25) is 10.0 Å². The molecule has 1 saturated heterocycles. The van der Waals surface area contributed by atoms with Crippen molar-refractivity contribution >= 4 is 34.0 Å². The number of nitrogens with one attached hydrogen (secondary N) is 2. The number of hydrogen-bond acceptors (Lipinski definition) is 4. The van der Waals surface area contributed by atoms with E-state index in [4.69, 9.17) is 16.9 Å². The summed E-state index contributed by atoms with van der Waals surface area (Å²) in [5.41, 5.74) is 0.243. The summed E-state index contributed by atoms with van der Waals surface area (Å²) in [6.07, 6.45) is 2.01. The van der Waals surface area contributed by atoms with E-state index in [0.717, 1.165) is 25.9 Å². The Labute approximate surface area is 142 Å². The van der Waals surface area contributed by atoms with Crippen LogP contribution in [0.25, 0.3) is 0 Å². The fourth-order valence-electron chi connectivity index (χ4n) is 2.40. The number of benzene rings is 1. The fourth-order valence-corrected chi connectivity index (χ4v) is 4.15. The average Bonchev–Trinajstić information content (AvgIpc) is 2.46. The molecule has 1 aromatic carbocycles. The zero-order valence-corrected chi connectivity index (χ0v) is 14.6. The van der Waals surface area contributed by atoms with Crippen LogP contribution in [0.5, 0.6) is 0 Å². The highest BCUT2D eigenvalue weighted by Crippen LogP contribution is 2.26. The van der Waals surface area contributed by atoms with Crippen molar-refractivity contribution in [2.75, 3.05) is 19.6 Å². The molecule has 2 N–H and O–H groups in total. The van der Waals surface area contributed by atoms with Crippen molar-refractivity contribution in [1.29, 1.82) is 5.26 Å². The molecule has 5 nitrogen and oxygen atoms in total. The summed E-state index contributed by atoms with van der Waals surface area (Å²) in [7, 11) is -3.67. The summed E-state index contributed by atoms with van der Waals surface area (Å²) >= 11 is 5.97. The van der Waals surface area contributed by atoms with Crippen molar-refractivity contribution in [2.45, 2.75) is 24.7 Å². The smallest absolute Gasteiger partial charge is 0.242 e. The molecular weight excluding hydrogens is 345 g/mol. The molecule has 0 amide bonds. The van der Waals surface area contributed by atoms with Gasteiger partial charge in [-0.2, -0.15) is 5.26 Å². The largest absolute Gasteiger partial charge is 0.316 e. The van der Waals surface area contributed by atoms with E-state index >= 15 is 0 Å². The van der Waals surface area contributed by atoms with Gasteiger partial charge in [0, 0.05) is 13.1 Å². The highest BCUT2D eigenvalue weighted by molar-refractivity contribution is 7.89. The van der Waals surface area contributed by atoms with Crippen molar-refractivity contribution in [1.82, 2.24) is 10.0 Å². The lowest BCUT2D eigenvalue weighted by atomic mass is 9.83. The maximum atomic E-state index is 12.3. The Bertz CT molecular complexity index is 665. The molecule has 2 rings (SSSR count). The average molecular weight is 364 g/mol. The van der Waals surface area contributed by atoms with E-state index in [9.17, 15) is 8.42 Å². The molecule has 0 aliphatic carbocycles. The van der Waals surface area contributed by atoms with Crippen LogP contribution in [-0.4, -0.2) is 28.1 Å². The van der Waals surface area contributed by atoms with Gasteiger partial charge in [0.15, 0.2) is 0 Å². The second kappa shape index (κ2) is 7.62. The van der Waals surface area contributed by atoms with Gasteiger partial charge in [-0.3, -0.25) is 0 Å². The van der Waals surface area contributed by atoms with Crippen molar-refractivity contribution in [2.24, 2.45) is 5.41 Å². The summed E-state index contributed by atoms with van der Waals surface area (Å²) in [6, 6.07) is 6.10. The molecule has 1 heterocycles. The molecule has 1 aliphatic rings. The first-order valence-corrected chi connectivity index (χ1v) is 8.62. The van der Waals surface area contributed by atoms with Gasteiger partial charge in [0.05, 0.1) is 16.7 Å². The van der Waals surface area contributed by atoms with E-state index in [1.54, 1.807) is 0 Å². The molecule has 1 fully saturated rings. The van der Waals surface area contributed by atoms with E-state index in [2.05, 4.69) is 17.0 Å². The van der Waals surface area contributed by atoms with Crippen LogP contribution in [0.1, 0.15) is 25.3 Å². The fraction of sp³-hybridized carbons (Fsp3) is 0.500. The molecule has 0 aromatic heterocycles. The standard InChI is InChI=1S/C14H18ClN3O2S.ClH/c1-14(5-2-6-17-9-14)10-18-21(19,20)13-4-3-11(8-16)7-12(13)15;/h3-4,7,17-18H,2,5-6,9-10H2,1H3;1H. The molecule has 22 heavy (non-hydrogen) atoms. The molecule has 0 radical (unpaired) electrons. The monoisotopic (exact) mass is 363 g/mol. The second-order valence-corrected chi connectivity index (χ2v) is 7.82. The Balaban J connectivity index is 0.00000242. The number of nitrogens with zero attached hydrogens (tertiary/aromatic N) is 1. The molecule has 122 valence electrons. The first-order chi connectivity index (χ1) is 9.86. The van der Waals surface area contributed by atoms with Gasteiger partial charge in [0.25, 0.3) is 0 Å². The van der Waals surface area contributed by atoms with Gasteiger partial charge >= 0.3 is 0 Å². The third kappa shape index (κ3) is 4.58. The van der Waals surface area contributed by atoms with Gasteiger partial charge in [-0.1, -0.05) is 18.5 Å². The van der Waals surface area contributed by atoms with Crippen LogP contribution in [0.2, 0.25) is 5.02 Å². The predicted molar refractivity (Wildman–Crippen MR) is 88.8 cm³/mol. The molecule has 1 aliphatic heterocycles. The lowest BCUT2D eigenvalue weighted by Gasteiger charge is -2.34. The third-order valence-corrected chi connectivity index (χ3v) is 5.61. The summed E-state index contributed by atoms with van der Waals surface area (Å²) in [5.74, 6) is 0. The zero-order valence-electron chi connectivity index (χ0n) is 12.2. The molecule has 0 spiro atoms. The van der Waals surface area contributed by atoms with Crippen LogP contribution in [0.4, 0.5) is 0 Å². The predicted octanol–water partition coefficient (Wildman–Crippen LogP) is 2.30. The number of hydrogen-bond donors (Lipinski definition) is 2. The summed E-state index contributed by atoms with van der Waals surface area (Å²) in [6.45, 7) is 4.18. The van der Waals surface area contributed by atoms with Crippen molar-refractivity contribution in [3.8, 4) is 6.07 Å². The van der Waals surface area contributed by atoms with Crippen molar-refractivity contribution in [3.05, 3.63) is 28.8 Å². The van der Waals surface area contributed by atoms with E-state index in [0.29, 0.717) is 12.1 Å². The highest BCUT2D eigenvalue weighted by atomic mass is 35.5. The van der Waals surface area contributed by atoms with E-state index in [1.165, 1.54) is 18.2 Å². The minimum absolute atomic E-state index is 0. The molecule has 1 unspecified atom stereocenters. The Morgan fingerprint density at radius 3 is 2.77 bits per heavy atom. The Hall–Kier alpha value is -0.840. The van der Waals surface area contributed by atoms with E-state index in [1.807, 2.05) is 6.07 Å². The lowest BCUT2D eigenvalue weighted by Crippen LogP contribution is -2.45. The van der Waals surface area contributed by atoms with Crippen molar-refractivity contribution in [3.63, 3.8) is 0 Å². The van der Waals surface area contributed by atoms with Gasteiger partial charge < -0.3 is 5.32 Å². The molecule has 0 bridgehead atoms. The van der Waals surface area contributed by atoms with Crippen LogP contribution >= 0.6 is 24.0 Å². The normalized spacial score (nSPS) is 21.7. The van der Waals surface area contributed by atoms with Crippen LogP contribution in [-0.2, 0) is 10.0 Å². The molecular formula is C14H19Cl2N3O2S. The summed E-state index contributed by atoms with van der Waals surface area (Å²) < 4.78 is 27.3. The van der Waals surface area contributed by atoms with E-state index < -0.39 is 10.0 Å². The number of sulfonamides is 1. The van der Waals surface area contributed by atoms with E-state index in [-0.39, 0.29) is 27.7 Å². The Kier molecular flexibility index (Phi) is 6.65. The third-order valence-electron chi connectivity index (χ3n) is 3.73. The molecule has 0 saturated carbocycles. The zero-order chi connectivity index (χ0) is 15.5. The molecule has 8 heteroatoms. The lowest BCUT2D eigenvalue weighted by molar-refractivity contribution is 0.238. The maximum Gasteiger partial charge on any atom is 0.242 e. The summed E-state index contributed by atoms with van der Waals surface area (Å²) in [4.78, 5) is 0.00975. The number of piperidine rings is 1. The Morgan fingerprint density at radius 2 is 2.23 bits per heavy atom. The second-order valence-electron chi connectivity index (χ2n) is 5.67. The molecule has 1 aromatic rings. The molecule has 1 atom stereocenters. The SMILES string of the molecule is CC1(CNS(=O)(=O)c2ccc(C#N)cc2Cl)CCCNC1.Cl. The minimum Gasteiger partial charge on any atom is -0.316 e. The summed E-state index contributed by atoms with van der Waals surface area (Å²) in [5, 5.41) is 12.1. The number of nitriles is 1. The van der Waals surface area contributed by atoms with Gasteiger partial charge in [-0.15, -0.1) is 12.4 Å². The van der Waals surface area contributed by atoms with Gasteiger partial charge in [-0.25, -0.2) is 13.1 Å². The first kappa shape index (κ1) is 19.2. The van der Waals surface area contributed by atoms with Gasteiger partial charge in [-0.05, 0) is 43.0 Å². The number of halogens is 2.